The zero-order chi connectivity index (χ0) is 15.4. The highest BCUT2D eigenvalue weighted by molar-refractivity contribution is 9.10. The Bertz CT molecular complexity index is 658. The molecule has 0 aliphatic rings. The van der Waals surface area contributed by atoms with Crippen molar-refractivity contribution in [3.05, 3.63) is 57.8 Å². The second-order valence-electron chi connectivity index (χ2n) is 4.73. The summed E-state index contributed by atoms with van der Waals surface area (Å²) in [6.45, 7) is 1.91. The lowest BCUT2D eigenvalue weighted by Crippen LogP contribution is -2.17. The second kappa shape index (κ2) is 6.72. The normalized spacial score (nSPS) is 12.0. The fourth-order valence-corrected chi connectivity index (χ4v) is 2.71. The molecule has 0 saturated heterocycles. The number of methoxy groups -OCH3 is 1. The van der Waals surface area contributed by atoms with E-state index >= 15 is 0 Å². The zero-order valence-electron chi connectivity index (χ0n) is 11.8. The smallest absolute Gasteiger partial charge is 0.312 e. The lowest BCUT2D eigenvalue weighted by Gasteiger charge is -2.16. The van der Waals surface area contributed by atoms with Gasteiger partial charge < -0.3 is 9.84 Å². The van der Waals surface area contributed by atoms with Gasteiger partial charge in [0.15, 0.2) is 0 Å². The average molecular weight is 350 g/mol. The molecule has 1 unspecified atom stereocenters. The summed E-state index contributed by atoms with van der Waals surface area (Å²) in [6.07, 6.45) is 1.96. The van der Waals surface area contributed by atoms with Crippen molar-refractivity contribution in [1.82, 2.24) is 4.98 Å². The van der Waals surface area contributed by atoms with Gasteiger partial charge in [0.2, 0.25) is 0 Å². The number of carboxylic acids is 1. The molecule has 4 nitrogen and oxygen atoms in total. The van der Waals surface area contributed by atoms with E-state index in [1.807, 2.05) is 37.3 Å². The first-order valence-electron chi connectivity index (χ1n) is 6.50. The number of hydrogen-bond donors (Lipinski definition) is 1. The molecule has 0 aliphatic carbocycles. The number of aliphatic carboxylic acids is 1. The molecule has 1 N–H and O–H groups in total. The van der Waals surface area contributed by atoms with E-state index in [4.69, 9.17) is 4.74 Å². The summed E-state index contributed by atoms with van der Waals surface area (Å²) in [7, 11) is 1.58. The average Bonchev–Trinajstić information content (AvgIpc) is 2.48. The van der Waals surface area contributed by atoms with Crippen molar-refractivity contribution in [2.24, 2.45) is 0 Å². The van der Waals surface area contributed by atoms with Crippen LogP contribution in [-0.4, -0.2) is 23.2 Å². The molecule has 0 spiro atoms. The van der Waals surface area contributed by atoms with E-state index in [0.717, 1.165) is 15.6 Å². The SMILES string of the molecule is COc1ccccc1CC(C(=O)O)c1nccc(C)c1Br. The van der Waals surface area contributed by atoms with Gasteiger partial charge in [-0.1, -0.05) is 18.2 Å². The predicted molar refractivity (Wildman–Crippen MR) is 83.7 cm³/mol. The summed E-state index contributed by atoms with van der Waals surface area (Å²) < 4.78 is 6.03. The van der Waals surface area contributed by atoms with E-state index in [-0.39, 0.29) is 0 Å². The molecule has 0 fully saturated rings. The van der Waals surface area contributed by atoms with Crippen LogP contribution in [0.2, 0.25) is 0 Å². The molecule has 0 aliphatic heterocycles. The van der Waals surface area contributed by atoms with Crippen molar-refractivity contribution in [3.8, 4) is 5.75 Å². The molecule has 0 saturated carbocycles. The minimum Gasteiger partial charge on any atom is -0.496 e. The molecule has 2 aromatic rings. The molecular weight excluding hydrogens is 334 g/mol. The first kappa shape index (κ1) is 15.5. The van der Waals surface area contributed by atoms with Gasteiger partial charge in [-0.05, 0) is 52.5 Å². The number of benzene rings is 1. The van der Waals surface area contributed by atoms with Crippen molar-refractivity contribution < 1.29 is 14.6 Å². The van der Waals surface area contributed by atoms with Crippen molar-refractivity contribution in [3.63, 3.8) is 0 Å². The number of ether oxygens (including phenoxy) is 1. The maximum atomic E-state index is 11.7. The summed E-state index contributed by atoms with van der Waals surface area (Å²) in [5.41, 5.74) is 2.35. The van der Waals surface area contributed by atoms with Crippen LogP contribution >= 0.6 is 15.9 Å². The Balaban J connectivity index is 2.41. The highest BCUT2D eigenvalue weighted by Gasteiger charge is 2.25. The van der Waals surface area contributed by atoms with Gasteiger partial charge in [-0.15, -0.1) is 0 Å². The first-order valence-corrected chi connectivity index (χ1v) is 7.29. The Kier molecular flexibility index (Phi) is 4.96. The quantitative estimate of drug-likeness (QED) is 0.896. The first-order chi connectivity index (χ1) is 10.0. The molecule has 21 heavy (non-hydrogen) atoms. The third kappa shape index (κ3) is 3.42. The molecule has 0 bridgehead atoms. The van der Waals surface area contributed by atoms with Gasteiger partial charge in [0.05, 0.1) is 12.8 Å². The van der Waals surface area contributed by atoms with Crippen LogP contribution in [0.15, 0.2) is 41.0 Å². The molecular formula is C16H16BrNO3. The number of para-hydroxylation sites is 1. The maximum Gasteiger partial charge on any atom is 0.312 e. The van der Waals surface area contributed by atoms with Crippen molar-refractivity contribution >= 4 is 21.9 Å². The summed E-state index contributed by atoms with van der Waals surface area (Å²) in [5, 5.41) is 9.57. The monoisotopic (exact) mass is 349 g/mol. The molecule has 110 valence electrons. The highest BCUT2D eigenvalue weighted by atomic mass is 79.9. The molecule has 1 heterocycles. The molecule has 1 aromatic heterocycles. The van der Waals surface area contributed by atoms with Crippen molar-refractivity contribution in [2.75, 3.05) is 7.11 Å². The van der Waals surface area contributed by atoms with Crippen LogP contribution in [0.4, 0.5) is 0 Å². The van der Waals surface area contributed by atoms with Crippen LogP contribution in [0.3, 0.4) is 0 Å². The molecule has 0 radical (unpaired) electrons. The topological polar surface area (TPSA) is 59.4 Å². The fourth-order valence-electron chi connectivity index (χ4n) is 2.20. The van der Waals surface area contributed by atoms with Gasteiger partial charge in [-0.2, -0.15) is 0 Å². The van der Waals surface area contributed by atoms with Crippen LogP contribution in [0.25, 0.3) is 0 Å². The Morgan fingerprint density at radius 2 is 2.10 bits per heavy atom. The summed E-state index contributed by atoms with van der Waals surface area (Å²) in [6, 6.07) is 9.27. The third-order valence-corrected chi connectivity index (χ3v) is 4.39. The molecule has 0 amide bonds. The number of rotatable bonds is 5. The van der Waals surface area contributed by atoms with Gasteiger partial charge in [0.1, 0.15) is 11.7 Å². The molecule has 1 atom stereocenters. The number of carboxylic acid groups (broad SMARTS) is 1. The Morgan fingerprint density at radius 1 is 1.38 bits per heavy atom. The predicted octanol–water partition coefficient (Wildman–Crippen LogP) is 3.57. The van der Waals surface area contributed by atoms with Gasteiger partial charge in [0.25, 0.3) is 0 Å². The highest BCUT2D eigenvalue weighted by Crippen LogP contribution is 2.31. The number of carbonyl (C=O) groups is 1. The van der Waals surface area contributed by atoms with E-state index in [0.29, 0.717) is 17.9 Å². The molecule has 1 aromatic carbocycles. The standard InChI is InChI=1S/C16H16BrNO3/c1-10-7-8-18-15(14(10)17)12(16(19)20)9-11-5-3-4-6-13(11)21-2/h3-8,12H,9H2,1-2H3,(H,19,20). The summed E-state index contributed by atoms with van der Waals surface area (Å²) >= 11 is 3.44. The van der Waals surface area contributed by atoms with Crippen LogP contribution in [0.5, 0.6) is 5.75 Å². The van der Waals surface area contributed by atoms with E-state index in [1.54, 1.807) is 13.3 Å². The lowest BCUT2D eigenvalue weighted by molar-refractivity contribution is -0.138. The number of halogens is 1. The van der Waals surface area contributed by atoms with E-state index in [2.05, 4.69) is 20.9 Å². The second-order valence-corrected chi connectivity index (χ2v) is 5.53. The zero-order valence-corrected chi connectivity index (χ0v) is 13.4. The molecule has 5 heteroatoms. The van der Waals surface area contributed by atoms with Crippen LogP contribution in [-0.2, 0) is 11.2 Å². The van der Waals surface area contributed by atoms with Gasteiger partial charge in [-0.25, -0.2) is 0 Å². The number of nitrogens with zero attached hydrogens (tertiary/aromatic N) is 1. The van der Waals surface area contributed by atoms with E-state index in [1.165, 1.54) is 0 Å². The van der Waals surface area contributed by atoms with Gasteiger partial charge in [0, 0.05) is 10.7 Å². The summed E-state index contributed by atoms with van der Waals surface area (Å²) in [5.74, 6) is -0.942. The van der Waals surface area contributed by atoms with Crippen LogP contribution in [0.1, 0.15) is 22.7 Å². The number of aryl methyl sites for hydroxylation is 1. The van der Waals surface area contributed by atoms with E-state index in [9.17, 15) is 9.90 Å². The summed E-state index contributed by atoms with van der Waals surface area (Å²) in [4.78, 5) is 15.9. The number of pyridine rings is 1. The van der Waals surface area contributed by atoms with Gasteiger partial charge >= 0.3 is 5.97 Å². The maximum absolute atomic E-state index is 11.7. The van der Waals surface area contributed by atoms with Crippen LogP contribution < -0.4 is 4.74 Å². The largest absolute Gasteiger partial charge is 0.496 e. The van der Waals surface area contributed by atoms with Crippen molar-refractivity contribution in [1.29, 1.82) is 0 Å². The Labute approximate surface area is 131 Å². The minimum absolute atomic E-state index is 0.328. The van der Waals surface area contributed by atoms with Crippen molar-refractivity contribution in [2.45, 2.75) is 19.3 Å². The lowest BCUT2D eigenvalue weighted by atomic mass is 9.94. The van der Waals surface area contributed by atoms with Crippen LogP contribution in [0, 0.1) is 6.92 Å². The fraction of sp³-hybridized carbons (Fsp3) is 0.250. The number of aromatic nitrogens is 1. The van der Waals surface area contributed by atoms with E-state index < -0.39 is 11.9 Å². The Morgan fingerprint density at radius 3 is 2.76 bits per heavy atom. The number of hydrogen-bond acceptors (Lipinski definition) is 3. The minimum atomic E-state index is -0.903. The third-order valence-electron chi connectivity index (χ3n) is 3.35. The van der Waals surface area contributed by atoms with Gasteiger partial charge in [-0.3, -0.25) is 9.78 Å². The Hall–Kier alpha value is -1.88. The molecule has 2 rings (SSSR count).